The molecule has 2 heterocycles. The number of halogens is 1. The Morgan fingerprint density at radius 1 is 1.25 bits per heavy atom. The van der Waals surface area contributed by atoms with E-state index in [1.165, 1.54) is 23.5 Å². The highest BCUT2D eigenvalue weighted by atomic mass is 35.5. The van der Waals surface area contributed by atoms with Crippen molar-refractivity contribution in [3.8, 4) is 0 Å². The van der Waals surface area contributed by atoms with Crippen LogP contribution in [0.2, 0.25) is 5.02 Å². The number of morpholine rings is 1. The zero-order chi connectivity index (χ0) is 20.1. The molecule has 2 unspecified atom stereocenters. The van der Waals surface area contributed by atoms with Crippen molar-refractivity contribution in [3.63, 3.8) is 0 Å². The first-order chi connectivity index (χ1) is 13.4. The van der Waals surface area contributed by atoms with Crippen molar-refractivity contribution in [2.24, 2.45) is 0 Å². The number of hydrogen-bond acceptors (Lipinski definition) is 6. The maximum Gasteiger partial charge on any atom is 0.271 e. The average Bonchev–Trinajstić information content (AvgIpc) is 2.67. The molecule has 150 valence electrons. The van der Waals surface area contributed by atoms with Gasteiger partial charge in [0.1, 0.15) is 0 Å². The van der Waals surface area contributed by atoms with Gasteiger partial charge in [0.25, 0.3) is 5.91 Å². The Hall–Kier alpha value is -1.67. The predicted octanol–water partition coefficient (Wildman–Crippen LogP) is 3.39. The summed E-state index contributed by atoms with van der Waals surface area (Å²) in [6, 6.07) is 8.29. The van der Waals surface area contributed by atoms with Crippen LogP contribution in [-0.2, 0) is 17.8 Å². The molecule has 0 saturated carbocycles. The molecule has 1 fully saturated rings. The van der Waals surface area contributed by atoms with Gasteiger partial charge in [-0.1, -0.05) is 47.6 Å². The molecule has 2 atom stereocenters. The minimum absolute atomic E-state index is 0.202. The van der Waals surface area contributed by atoms with Crippen LogP contribution in [0.1, 0.15) is 35.5 Å². The second kappa shape index (κ2) is 9.69. The van der Waals surface area contributed by atoms with Crippen molar-refractivity contribution in [2.75, 3.05) is 19.3 Å². The van der Waals surface area contributed by atoms with Crippen LogP contribution in [0.3, 0.4) is 0 Å². The maximum absolute atomic E-state index is 12.4. The van der Waals surface area contributed by atoms with Crippen LogP contribution in [0.5, 0.6) is 0 Å². The Morgan fingerprint density at radius 2 is 1.89 bits per heavy atom. The number of rotatable bonds is 6. The zero-order valence-corrected chi connectivity index (χ0v) is 17.9. The van der Waals surface area contributed by atoms with Crippen LogP contribution < -0.4 is 5.32 Å². The first-order valence-corrected chi connectivity index (χ1v) is 10.8. The minimum Gasteiger partial charge on any atom is -0.373 e. The first kappa shape index (κ1) is 21.0. The number of ether oxygens (including phenoxy) is 1. The van der Waals surface area contributed by atoms with Crippen LogP contribution in [0.4, 0.5) is 0 Å². The average molecular weight is 421 g/mol. The van der Waals surface area contributed by atoms with Crippen molar-refractivity contribution in [3.05, 3.63) is 52.3 Å². The number of nitrogens with zero attached hydrogens (tertiary/aromatic N) is 3. The fourth-order valence-electron chi connectivity index (χ4n) is 3.31. The van der Waals surface area contributed by atoms with E-state index >= 15 is 0 Å². The second-order valence-electron chi connectivity index (χ2n) is 7.00. The predicted molar refractivity (Wildman–Crippen MR) is 112 cm³/mol. The Labute approximate surface area is 175 Å². The van der Waals surface area contributed by atoms with Crippen LogP contribution in [-0.4, -0.2) is 52.3 Å². The number of amides is 1. The highest BCUT2D eigenvalue weighted by Gasteiger charge is 2.22. The van der Waals surface area contributed by atoms with Gasteiger partial charge in [0.15, 0.2) is 10.9 Å². The lowest BCUT2D eigenvalue weighted by molar-refractivity contribution is -0.0704. The molecule has 0 aliphatic carbocycles. The molecule has 8 heteroatoms. The third-order valence-corrected chi connectivity index (χ3v) is 5.34. The molecule has 1 aliphatic rings. The van der Waals surface area contributed by atoms with Crippen LogP contribution in [0.15, 0.2) is 35.6 Å². The van der Waals surface area contributed by atoms with E-state index in [0.29, 0.717) is 11.7 Å². The van der Waals surface area contributed by atoms with Gasteiger partial charge in [0, 0.05) is 26.2 Å². The molecule has 1 amide bonds. The number of nitrogens with one attached hydrogen (secondary N) is 1. The number of thioether (sulfide) groups is 1. The molecular formula is C20H25ClN4O2S. The van der Waals surface area contributed by atoms with Crippen LogP contribution >= 0.6 is 23.4 Å². The molecular weight excluding hydrogens is 396 g/mol. The summed E-state index contributed by atoms with van der Waals surface area (Å²) < 4.78 is 5.79. The highest BCUT2D eigenvalue weighted by molar-refractivity contribution is 7.98. The monoisotopic (exact) mass is 420 g/mol. The molecule has 1 saturated heterocycles. The van der Waals surface area contributed by atoms with Gasteiger partial charge in [-0.25, -0.2) is 9.97 Å². The number of carbonyl (C=O) groups is 1. The third-order valence-electron chi connectivity index (χ3n) is 4.50. The quantitative estimate of drug-likeness (QED) is 0.570. The summed E-state index contributed by atoms with van der Waals surface area (Å²) in [6.07, 6.45) is 3.83. The Balaban J connectivity index is 1.55. The van der Waals surface area contributed by atoms with E-state index in [1.54, 1.807) is 0 Å². The fourth-order valence-corrected chi connectivity index (χ4v) is 3.83. The molecule has 1 N–H and O–H groups in total. The minimum atomic E-state index is -0.303. The summed E-state index contributed by atoms with van der Waals surface area (Å²) in [7, 11) is 0. The lowest BCUT2D eigenvalue weighted by Gasteiger charge is -2.35. The van der Waals surface area contributed by atoms with E-state index in [4.69, 9.17) is 16.3 Å². The van der Waals surface area contributed by atoms with E-state index < -0.39 is 0 Å². The van der Waals surface area contributed by atoms with Crippen molar-refractivity contribution in [2.45, 2.75) is 44.3 Å². The van der Waals surface area contributed by atoms with E-state index in [-0.39, 0.29) is 28.8 Å². The Kier molecular flexibility index (Phi) is 7.29. The summed E-state index contributed by atoms with van der Waals surface area (Å²) in [5.74, 6) is -0.303. The third kappa shape index (κ3) is 5.67. The van der Waals surface area contributed by atoms with Crippen LogP contribution in [0.25, 0.3) is 0 Å². The zero-order valence-electron chi connectivity index (χ0n) is 16.3. The molecule has 28 heavy (non-hydrogen) atoms. The Bertz CT molecular complexity index is 808. The SMILES string of the molecule is CSc1ncc(Cl)c(C(=O)NCc2ccc(CN3CC(C)OC(C)C3)cc2)n1. The summed E-state index contributed by atoms with van der Waals surface area (Å²) in [5, 5.41) is 3.64. The van der Waals surface area contributed by atoms with E-state index in [1.807, 2.05) is 18.4 Å². The summed E-state index contributed by atoms with van der Waals surface area (Å²) in [5.41, 5.74) is 2.48. The van der Waals surface area contributed by atoms with E-state index in [0.717, 1.165) is 25.2 Å². The summed E-state index contributed by atoms with van der Waals surface area (Å²) >= 11 is 7.42. The molecule has 0 bridgehead atoms. The largest absolute Gasteiger partial charge is 0.373 e. The highest BCUT2D eigenvalue weighted by Crippen LogP contribution is 2.17. The molecule has 0 spiro atoms. The fraction of sp³-hybridized carbons (Fsp3) is 0.450. The van der Waals surface area contributed by atoms with Gasteiger partial charge >= 0.3 is 0 Å². The van der Waals surface area contributed by atoms with Gasteiger partial charge < -0.3 is 10.1 Å². The second-order valence-corrected chi connectivity index (χ2v) is 8.18. The van der Waals surface area contributed by atoms with Crippen molar-refractivity contribution >= 4 is 29.3 Å². The molecule has 1 aliphatic heterocycles. The number of hydrogen-bond donors (Lipinski definition) is 1. The van der Waals surface area contributed by atoms with E-state index in [2.05, 4.69) is 46.2 Å². The maximum atomic E-state index is 12.4. The number of aromatic nitrogens is 2. The molecule has 6 nitrogen and oxygen atoms in total. The smallest absolute Gasteiger partial charge is 0.271 e. The topological polar surface area (TPSA) is 67.4 Å². The molecule has 1 aromatic carbocycles. The van der Waals surface area contributed by atoms with Gasteiger partial charge in [-0.3, -0.25) is 9.69 Å². The normalized spacial score (nSPS) is 20.1. The standard InChI is InChI=1S/C20H25ClN4O2S/c1-13-10-25(11-14(2)27-13)12-16-6-4-15(5-7-16)8-22-19(26)18-17(21)9-23-20(24-18)28-3/h4-7,9,13-14H,8,10-12H2,1-3H3,(H,22,26). The Morgan fingerprint density at radius 3 is 2.54 bits per heavy atom. The number of carbonyl (C=O) groups excluding carboxylic acids is 1. The van der Waals surface area contributed by atoms with Crippen molar-refractivity contribution < 1.29 is 9.53 Å². The number of benzene rings is 1. The lowest BCUT2D eigenvalue weighted by Crippen LogP contribution is -2.44. The van der Waals surface area contributed by atoms with Gasteiger partial charge in [-0.05, 0) is 31.2 Å². The van der Waals surface area contributed by atoms with Crippen molar-refractivity contribution in [1.29, 1.82) is 0 Å². The van der Waals surface area contributed by atoms with Gasteiger partial charge in [-0.15, -0.1) is 0 Å². The molecule has 3 rings (SSSR count). The van der Waals surface area contributed by atoms with Crippen molar-refractivity contribution in [1.82, 2.24) is 20.2 Å². The summed E-state index contributed by atoms with van der Waals surface area (Å²) in [4.78, 5) is 23.0. The molecule has 1 aromatic heterocycles. The van der Waals surface area contributed by atoms with E-state index in [9.17, 15) is 4.79 Å². The molecule has 2 aromatic rings. The van der Waals surface area contributed by atoms with Gasteiger partial charge in [0.2, 0.25) is 0 Å². The van der Waals surface area contributed by atoms with Gasteiger partial charge in [0.05, 0.1) is 23.4 Å². The molecule has 0 radical (unpaired) electrons. The lowest BCUT2D eigenvalue weighted by atomic mass is 10.1. The van der Waals surface area contributed by atoms with Crippen LogP contribution in [0, 0.1) is 0 Å². The van der Waals surface area contributed by atoms with Gasteiger partial charge in [-0.2, -0.15) is 0 Å². The first-order valence-electron chi connectivity index (χ1n) is 9.25. The summed E-state index contributed by atoms with van der Waals surface area (Å²) in [6.45, 7) is 7.43.